The zero-order chi connectivity index (χ0) is 33.2. The van der Waals surface area contributed by atoms with Crippen LogP contribution >= 0.6 is 0 Å². The van der Waals surface area contributed by atoms with Gasteiger partial charge in [-0.15, -0.1) is 0 Å². The maximum absolute atomic E-state index is 14.2. The first-order chi connectivity index (χ1) is 22.1. The highest BCUT2D eigenvalue weighted by Gasteiger charge is 2.34. The second-order valence-corrected chi connectivity index (χ2v) is 12.6. The molecule has 0 radical (unpaired) electrons. The first-order valence-electron chi connectivity index (χ1n) is 16.3. The van der Waals surface area contributed by atoms with E-state index in [2.05, 4.69) is 27.9 Å². The lowest BCUT2D eigenvalue weighted by atomic mass is 9.78. The zero-order valence-electron chi connectivity index (χ0n) is 27.8. The highest BCUT2D eigenvalue weighted by molar-refractivity contribution is 5.94. The summed E-state index contributed by atoms with van der Waals surface area (Å²) in [6.07, 6.45) is 13.0. The van der Waals surface area contributed by atoms with Gasteiger partial charge in [-0.05, 0) is 88.3 Å². The van der Waals surface area contributed by atoms with E-state index < -0.39 is 6.09 Å². The van der Waals surface area contributed by atoms with E-state index in [0.29, 0.717) is 67.1 Å². The zero-order valence-corrected chi connectivity index (χ0v) is 27.8. The van der Waals surface area contributed by atoms with E-state index in [-0.39, 0.29) is 23.8 Å². The van der Waals surface area contributed by atoms with Crippen molar-refractivity contribution in [3.8, 4) is 17.3 Å². The number of ether oxygens (including phenoxy) is 2. The van der Waals surface area contributed by atoms with Gasteiger partial charge in [0.15, 0.2) is 5.89 Å². The van der Waals surface area contributed by atoms with Gasteiger partial charge >= 0.3 is 6.09 Å². The molecule has 2 aromatic rings. The number of aromatic nitrogens is 2. The normalized spacial score (nSPS) is 22.1. The van der Waals surface area contributed by atoms with Crippen molar-refractivity contribution in [3.05, 3.63) is 66.1 Å². The van der Waals surface area contributed by atoms with Crippen molar-refractivity contribution < 1.29 is 23.5 Å². The smallest absolute Gasteiger partial charge is 0.407 e. The molecular weight excluding hydrogens is 582 g/mol. The third-order valence-electron chi connectivity index (χ3n) is 9.12. The summed E-state index contributed by atoms with van der Waals surface area (Å²) in [5.41, 5.74) is 3.11. The summed E-state index contributed by atoms with van der Waals surface area (Å²) < 4.78 is 16.5. The summed E-state index contributed by atoms with van der Waals surface area (Å²) >= 11 is 0. The number of alkyl carbamates (subject to hydrolysis) is 1. The molecule has 0 saturated heterocycles. The van der Waals surface area contributed by atoms with Crippen molar-refractivity contribution in [3.63, 3.8) is 0 Å². The van der Waals surface area contributed by atoms with Crippen LogP contribution in [0, 0.1) is 29.1 Å². The summed E-state index contributed by atoms with van der Waals surface area (Å²) in [6, 6.07) is 5.95. The van der Waals surface area contributed by atoms with Crippen LogP contribution in [0.5, 0.6) is 0 Å². The Morgan fingerprint density at radius 1 is 1.15 bits per heavy atom. The van der Waals surface area contributed by atoms with Gasteiger partial charge in [-0.2, -0.15) is 5.26 Å². The van der Waals surface area contributed by atoms with Gasteiger partial charge in [-0.25, -0.2) is 14.8 Å². The maximum Gasteiger partial charge on any atom is 0.407 e. The number of carbonyl (C=O) groups is 2. The average Bonchev–Trinajstić information content (AvgIpc) is 3.59. The second-order valence-electron chi connectivity index (χ2n) is 12.6. The molecule has 2 heterocycles. The van der Waals surface area contributed by atoms with Crippen LogP contribution in [0.15, 0.2) is 64.6 Å². The third kappa shape index (κ3) is 8.87. The van der Waals surface area contributed by atoms with Gasteiger partial charge in [0, 0.05) is 37.2 Å². The minimum atomic E-state index is -0.437. The molecule has 2 saturated carbocycles. The van der Waals surface area contributed by atoms with Crippen molar-refractivity contribution in [1.29, 1.82) is 5.26 Å². The van der Waals surface area contributed by atoms with E-state index in [0.717, 1.165) is 42.5 Å². The molecule has 2 aliphatic rings. The van der Waals surface area contributed by atoms with Crippen LogP contribution in [-0.4, -0.2) is 48.8 Å². The highest BCUT2D eigenvalue weighted by atomic mass is 16.6. The van der Waals surface area contributed by atoms with Gasteiger partial charge in [0.25, 0.3) is 0 Å². The van der Waals surface area contributed by atoms with E-state index in [9.17, 15) is 14.9 Å². The largest absolute Gasteiger partial charge is 0.496 e. The van der Waals surface area contributed by atoms with Crippen LogP contribution in [0.2, 0.25) is 0 Å². The number of amides is 2. The molecule has 0 aromatic carbocycles. The molecule has 4 rings (SSSR count). The standard InChI is InChI=1S/C36H47N5O5/c1-23(2)34-40-31(22-45-34)29-17-18-39-33(19-29)41(35(42)28-12-14-30(15-13-28)46-36(43)38-5)21-26-8-10-27(11-9-26)24(3)7-16-32(44-6)25(4)20-37/h7,16-19,22-23,26-28,30H,3,8-15,21H2,1-2,4-6H3,(H,38,43)/b16-7-,32-25-/t26-,27-,28-,30-. The Morgan fingerprint density at radius 3 is 2.46 bits per heavy atom. The van der Waals surface area contributed by atoms with Gasteiger partial charge in [0.2, 0.25) is 5.91 Å². The topological polar surface area (TPSA) is 131 Å². The van der Waals surface area contributed by atoms with Crippen LogP contribution in [0.3, 0.4) is 0 Å². The summed E-state index contributed by atoms with van der Waals surface area (Å²) in [6.45, 7) is 10.7. The Balaban J connectivity index is 1.49. The Morgan fingerprint density at radius 2 is 1.85 bits per heavy atom. The van der Waals surface area contributed by atoms with E-state index in [4.69, 9.17) is 13.9 Å². The molecule has 0 bridgehead atoms. The van der Waals surface area contributed by atoms with Crippen molar-refractivity contribution >= 4 is 17.8 Å². The number of anilines is 1. The summed E-state index contributed by atoms with van der Waals surface area (Å²) in [5.74, 6) is 2.52. The molecule has 10 nitrogen and oxygen atoms in total. The number of nitrogens with zero attached hydrogens (tertiary/aromatic N) is 4. The quantitative estimate of drug-likeness (QED) is 0.154. The Kier molecular flexibility index (Phi) is 12.2. The first kappa shape index (κ1) is 34.5. The van der Waals surface area contributed by atoms with Crippen LogP contribution in [0.4, 0.5) is 10.6 Å². The molecule has 0 atom stereocenters. The molecule has 2 amide bonds. The van der Waals surface area contributed by atoms with E-state index >= 15 is 0 Å². The fourth-order valence-electron chi connectivity index (χ4n) is 6.26. The molecule has 46 heavy (non-hydrogen) atoms. The molecule has 10 heteroatoms. The minimum Gasteiger partial charge on any atom is -0.496 e. The number of allylic oxidation sites excluding steroid dienone is 4. The Labute approximate surface area is 272 Å². The molecule has 2 aliphatic carbocycles. The summed E-state index contributed by atoms with van der Waals surface area (Å²) in [5, 5.41) is 11.7. The number of rotatable bonds is 11. The summed E-state index contributed by atoms with van der Waals surface area (Å²) in [4.78, 5) is 37.1. The van der Waals surface area contributed by atoms with E-state index in [1.165, 1.54) is 0 Å². The predicted molar refractivity (Wildman–Crippen MR) is 177 cm³/mol. The molecule has 0 spiro atoms. The van der Waals surface area contributed by atoms with Crippen molar-refractivity contribution in [2.75, 3.05) is 25.6 Å². The molecule has 1 N–H and O–H groups in total. The maximum atomic E-state index is 14.2. The number of hydrogen-bond donors (Lipinski definition) is 1. The molecule has 2 aromatic heterocycles. The lowest BCUT2D eigenvalue weighted by molar-refractivity contribution is -0.124. The van der Waals surface area contributed by atoms with Crippen LogP contribution in [0.1, 0.15) is 83.9 Å². The number of carbonyl (C=O) groups excluding carboxylic acids is 2. The van der Waals surface area contributed by atoms with Crippen LogP contribution in [0.25, 0.3) is 11.3 Å². The van der Waals surface area contributed by atoms with Crippen molar-refractivity contribution in [1.82, 2.24) is 15.3 Å². The second kappa shape index (κ2) is 16.3. The molecule has 0 unspecified atom stereocenters. The lowest BCUT2D eigenvalue weighted by Gasteiger charge is -2.35. The van der Waals surface area contributed by atoms with Crippen molar-refractivity contribution in [2.45, 2.75) is 84.2 Å². The number of oxazole rings is 1. The third-order valence-corrected chi connectivity index (χ3v) is 9.12. The highest BCUT2D eigenvalue weighted by Crippen LogP contribution is 2.36. The average molecular weight is 630 g/mol. The molecule has 246 valence electrons. The van der Waals surface area contributed by atoms with Gasteiger partial charge in [0.05, 0.1) is 18.8 Å². The monoisotopic (exact) mass is 629 g/mol. The molecular formula is C36H47N5O5. The number of pyridine rings is 1. The SMILES string of the molecule is C=C(/C=C\C(OC)=C(/C)C#N)[C@H]1CC[C@H](CN(c2cc(-c3coc(C(C)C)n3)ccn2)C(=O)[C@H]2CC[C@H](OC(=O)NC)CC2)CC1. The summed E-state index contributed by atoms with van der Waals surface area (Å²) in [7, 11) is 3.11. The van der Waals surface area contributed by atoms with E-state index in [1.54, 1.807) is 33.5 Å². The molecule has 2 fully saturated rings. The van der Waals surface area contributed by atoms with Gasteiger partial charge in [-0.1, -0.05) is 32.1 Å². The first-order valence-corrected chi connectivity index (χ1v) is 16.3. The van der Waals surface area contributed by atoms with Gasteiger partial charge in [-0.3, -0.25) is 9.69 Å². The number of nitrogens with one attached hydrogen (secondary N) is 1. The number of hydrogen-bond acceptors (Lipinski definition) is 8. The number of nitriles is 1. The fraction of sp³-hybridized carbons (Fsp3) is 0.528. The van der Waals surface area contributed by atoms with Crippen LogP contribution < -0.4 is 10.2 Å². The number of methoxy groups -OCH3 is 1. The Hall–Kier alpha value is -4.39. The fourth-order valence-corrected chi connectivity index (χ4v) is 6.26. The van der Waals surface area contributed by atoms with Gasteiger partial charge in [0.1, 0.15) is 29.6 Å². The lowest BCUT2D eigenvalue weighted by Crippen LogP contribution is -2.42. The Bertz CT molecular complexity index is 1470. The van der Waals surface area contributed by atoms with Crippen LogP contribution in [-0.2, 0) is 14.3 Å². The molecule has 0 aliphatic heterocycles. The minimum absolute atomic E-state index is 0.0623. The van der Waals surface area contributed by atoms with Gasteiger partial charge < -0.3 is 19.2 Å². The van der Waals surface area contributed by atoms with E-state index in [1.807, 2.05) is 43.0 Å². The predicted octanol–water partition coefficient (Wildman–Crippen LogP) is 7.47. The van der Waals surface area contributed by atoms with Crippen molar-refractivity contribution in [2.24, 2.45) is 17.8 Å².